The van der Waals surface area contributed by atoms with Crippen LogP contribution in [0, 0.1) is 0 Å². The molecule has 8 heteroatoms. The van der Waals surface area contributed by atoms with Gasteiger partial charge >= 0.3 is 11.9 Å². The van der Waals surface area contributed by atoms with Gasteiger partial charge in [0.25, 0.3) is 0 Å². The van der Waals surface area contributed by atoms with Crippen LogP contribution in [0.4, 0.5) is 0 Å². The fourth-order valence-electron chi connectivity index (χ4n) is 7.69. The number of likely N-dealkylation sites (N-methyl/N-ethyl adjacent to an activating group) is 1. The van der Waals surface area contributed by atoms with Crippen molar-refractivity contribution < 1.29 is 38.2 Å². The maximum absolute atomic E-state index is 12.8. The van der Waals surface area contributed by atoms with Gasteiger partial charge in [0.1, 0.15) is 12.6 Å². The maximum atomic E-state index is 12.8. The molecule has 0 N–H and O–H groups in total. The third-order valence-corrected chi connectivity index (χ3v) is 12.0. The smallest absolute Gasteiger partial charge is 0.306 e. The number of carbonyl (C=O) groups excluding carboxylic acids is 3. The highest BCUT2D eigenvalue weighted by Crippen LogP contribution is 2.15. The number of ether oxygens (including phenoxy) is 3. The molecule has 0 fully saturated rings. The Hall–Kier alpha value is -3.75. The third-order valence-electron chi connectivity index (χ3n) is 12.0. The molecule has 0 saturated carbocycles. The van der Waals surface area contributed by atoms with Crippen molar-refractivity contribution in [2.45, 2.75) is 231 Å². The molecule has 2 atom stereocenters. The van der Waals surface area contributed by atoms with Gasteiger partial charge in [-0.3, -0.25) is 9.59 Å². The van der Waals surface area contributed by atoms with E-state index in [0.29, 0.717) is 12.8 Å². The average Bonchev–Trinajstić information content (AvgIpc) is 3.31. The van der Waals surface area contributed by atoms with Crippen LogP contribution in [0.3, 0.4) is 0 Å². The van der Waals surface area contributed by atoms with Gasteiger partial charge in [-0.25, -0.2) is 0 Å². The van der Waals surface area contributed by atoms with Gasteiger partial charge in [-0.1, -0.05) is 201 Å². The van der Waals surface area contributed by atoms with E-state index in [-0.39, 0.29) is 42.7 Å². The fourth-order valence-corrected chi connectivity index (χ4v) is 7.69. The number of carboxylic acids is 1. The summed E-state index contributed by atoms with van der Waals surface area (Å²) in [5, 5.41) is 11.7. The number of rotatable bonds is 49. The van der Waals surface area contributed by atoms with Gasteiger partial charge in [-0.15, -0.1) is 0 Å². The molecule has 0 radical (unpaired) electrons. The van der Waals surface area contributed by atoms with E-state index in [1.165, 1.54) is 83.5 Å². The molecule has 0 bridgehead atoms. The first-order valence-electron chi connectivity index (χ1n) is 27.8. The topological polar surface area (TPSA) is 102 Å². The van der Waals surface area contributed by atoms with Gasteiger partial charge < -0.3 is 28.6 Å². The van der Waals surface area contributed by atoms with E-state index in [1.54, 1.807) is 21.1 Å². The largest absolute Gasteiger partial charge is 0.544 e. The monoisotopic (exact) mass is 962 g/mol. The van der Waals surface area contributed by atoms with E-state index >= 15 is 0 Å². The first-order valence-corrected chi connectivity index (χ1v) is 27.8. The van der Waals surface area contributed by atoms with Gasteiger partial charge in [0.05, 0.1) is 40.3 Å². The standard InChI is InChI=1S/C61H103NO7/c1-6-8-10-12-14-16-18-20-22-24-26-28-30-32-34-36-38-40-42-44-46-48-50-52-60(64)69-57(55-67-54-53-58(61(65)66)62(3,4)5)56-68-59(63)51-49-47-45-43-41-39-37-35-33-31-29-27-25-23-21-19-17-15-13-11-9-7-2/h8,10,14-17,20-23,26-29,32,34,57-58H,6-7,9,11-13,18-19,24-25,30-31,33,35-56H2,1-5H3/b10-8+,16-14+,17-15+,22-20+,23-21+,28-26+,29-27+,34-32+. The highest BCUT2D eigenvalue weighted by molar-refractivity contribution is 5.70. The molecule has 0 aliphatic heterocycles. The summed E-state index contributed by atoms with van der Waals surface area (Å²) in [6.07, 6.45) is 68.6. The molecule has 394 valence electrons. The lowest BCUT2D eigenvalue weighted by atomic mass is 10.1. The molecule has 0 spiro atoms. The number of hydrogen-bond donors (Lipinski definition) is 0. The zero-order valence-corrected chi connectivity index (χ0v) is 44.9. The SMILES string of the molecule is CC/C=C/C/C=C/C/C=C/C/C=C/C/C=C/CCCCCCCCCC(=O)OC(COCCC(C(=O)[O-])[N+](C)(C)C)COC(=O)CCCCCCCCCCC/C=C/C/C=C/C/C=C/CCCCC. The Morgan fingerprint density at radius 2 is 0.812 bits per heavy atom. The van der Waals surface area contributed by atoms with Gasteiger partial charge in [0.15, 0.2) is 6.10 Å². The minimum atomic E-state index is -1.13. The summed E-state index contributed by atoms with van der Waals surface area (Å²) >= 11 is 0. The number of unbranched alkanes of at least 4 members (excludes halogenated alkanes) is 19. The van der Waals surface area contributed by atoms with Gasteiger partial charge in [-0.2, -0.15) is 0 Å². The van der Waals surface area contributed by atoms with Crippen LogP contribution < -0.4 is 5.11 Å². The van der Waals surface area contributed by atoms with Crippen LogP contribution in [-0.4, -0.2) is 75.5 Å². The molecule has 0 amide bonds. The Labute approximate surface area is 424 Å². The van der Waals surface area contributed by atoms with E-state index in [9.17, 15) is 19.5 Å². The lowest BCUT2D eigenvalue weighted by molar-refractivity contribution is -0.889. The third kappa shape index (κ3) is 49.0. The highest BCUT2D eigenvalue weighted by atomic mass is 16.6. The summed E-state index contributed by atoms with van der Waals surface area (Å²) in [5.41, 5.74) is 0. The number of nitrogens with zero attached hydrogens (tertiary/aromatic N) is 1. The van der Waals surface area contributed by atoms with Crippen LogP contribution in [0.15, 0.2) is 97.2 Å². The zero-order valence-electron chi connectivity index (χ0n) is 44.9. The molecule has 0 saturated heterocycles. The molecule has 0 aromatic carbocycles. The van der Waals surface area contributed by atoms with Crippen molar-refractivity contribution in [3.63, 3.8) is 0 Å². The zero-order chi connectivity index (χ0) is 50.6. The minimum Gasteiger partial charge on any atom is -0.544 e. The first-order chi connectivity index (χ1) is 33.6. The van der Waals surface area contributed by atoms with Crippen molar-refractivity contribution in [2.75, 3.05) is 41.0 Å². The van der Waals surface area contributed by atoms with Crippen LogP contribution in [0.2, 0.25) is 0 Å². The molecule has 0 aromatic rings. The minimum absolute atomic E-state index is 0.0292. The quantitative estimate of drug-likeness (QED) is 0.0259. The first kappa shape index (κ1) is 65.2. The van der Waals surface area contributed by atoms with Crippen molar-refractivity contribution in [3.8, 4) is 0 Å². The second-order valence-corrected chi connectivity index (χ2v) is 19.4. The Kier molecular flexibility index (Phi) is 47.9. The lowest BCUT2D eigenvalue weighted by Crippen LogP contribution is -2.55. The molecular formula is C61H103NO7. The van der Waals surface area contributed by atoms with Crippen LogP contribution in [0.25, 0.3) is 0 Å². The summed E-state index contributed by atoms with van der Waals surface area (Å²) < 4.78 is 17.3. The number of esters is 2. The number of aliphatic carboxylic acids is 1. The molecule has 0 heterocycles. The van der Waals surface area contributed by atoms with E-state index < -0.39 is 18.1 Å². The number of quaternary nitrogens is 1. The summed E-state index contributed by atoms with van der Waals surface area (Å²) in [4.78, 5) is 37.1. The predicted octanol–water partition coefficient (Wildman–Crippen LogP) is 15.3. The fraction of sp³-hybridized carbons (Fsp3) is 0.689. The van der Waals surface area contributed by atoms with Crippen molar-refractivity contribution in [3.05, 3.63) is 97.2 Å². The predicted molar refractivity (Wildman–Crippen MR) is 291 cm³/mol. The molecule has 0 aliphatic rings. The molecule has 0 aromatic heterocycles. The van der Waals surface area contributed by atoms with Crippen molar-refractivity contribution in [2.24, 2.45) is 0 Å². The molecule has 69 heavy (non-hydrogen) atoms. The van der Waals surface area contributed by atoms with E-state index in [1.807, 2.05) is 0 Å². The normalized spacial score (nSPS) is 13.6. The number of allylic oxidation sites excluding steroid dienone is 16. The average molecular weight is 962 g/mol. The Balaban J connectivity index is 4.26. The van der Waals surface area contributed by atoms with Crippen molar-refractivity contribution >= 4 is 17.9 Å². The van der Waals surface area contributed by atoms with Gasteiger partial charge in [-0.05, 0) is 96.3 Å². The highest BCUT2D eigenvalue weighted by Gasteiger charge is 2.25. The van der Waals surface area contributed by atoms with E-state index in [4.69, 9.17) is 14.2 Å². The summed E-state index contributed by atoms with van der Waals surface area (Å²) in [7, 11) is 5.41. The Bertz CT molecular complexity index is 1450. The van der Waals surface area contributed by atoms with Crippen LogP contribution in [0.5, 0.6) is 0 Å². The molecule has 2 unspecified atom stereocenters. The molecule has 0 rings (SSSR count). The van der Waals surface area contributed by atoms with Crippen LogP contribution in [0.1, 0.15) is 219 Å². The molecule has 0 aliphatic carbocycles. The summed E-state index contributed by atoms with van der Waals surface area (Å²) in [6.45, 7) is 4.51. The van der Waals surface area contributed by atoms with E-state index in [0.717, 1.165) is 103 Å². The lowest BCUT2D eigenvalue weighted by Gasteiger charge is -2.34. The van der Waals surface area contributed by atoms with Gasteiger partial charge in [0.2, 0.25) is 0 Å². The molecular weight excluding hydrogens is 859 g/mol. The van der Waals surface area contributed by atoms with E-state index in [2.05, 4.69) is 111 Å². The Morgan fingerprint density at radius 1 is 0.449 bits per heavy atom. The van der Waals surface area contributed by atoms with Crippen molar-refractivity contribution in [1.29, 1.82) is 0 Å². The summed E-state index contributed by atoms with van der Waals surface area (Å²) in [6, 6.07) is -0.735. The second-order valence-electron chi connectivity index (χ2n) is 19.4. The summed E-state index contributed by atoms with van der Waals surface area (Å²) in [5.74, 6) is -1.76. The number of carboxylic acid groups (broad SMARTS) is 1. The maximum Gasteiger partial charge on any atom is 0.306 e. The van der Waals surface area contributed by atoms with Crippen molar-refractivity contribution in [1.82, 2.24) is 0 Å². The van der Waals surface area contributed by atoms with Crippen LogP contribution in [-0.2, 0) is 28.6 Å². The number of hydrogen-bond acceptors (Lipinski definition) is 7. The molecule has 8 nitrogen and oxygen atoms in total. The van der Waals surface area contributed by atoms with Gasteiger partial charge in [0, 0.05) is 19.3 Å². The number of carbonyl (C=O) groups is 3. The Morgan fingerprint density at radius 3 is 1.20 bits per heavy atom. The second kappa shape index (κ2) is 50.6. The van der Waals surface area contributed by atoms with Crippen LogP contribution >= 0.6 is 0 Å².